The van der Waals surface area contributed by atoms with Crippen molar-refractivity contribution < 1.29 is 0 Å². The third-order valence-electron chi connectivity index (χ3n) is 5.05. The first kappa shape index (κ1) is 16.9. The van der Waals surface area contributed by atoms with Crippen LogP contribution in [0.3, 0.4) is 0 Å². The lowest BCUT2D eigenvalue weighted by Gasteiger charge is -2.21. The lowest BCUT2D eigenvalue weighted by molar-refractivity contribution is 0.590. The number of benzene rings is 3. The highest BCUT2D eigenvalue weighted by atomic mass is 79.9. The molecule has 0 unspecified atom stereocenters. The van der Waals surface area contributed by atoms with Gasteiger partial charge in [0, 0.05) is 15.5 Å². The predicted molar refractivity (Wildman–Crippen MR) is 112 cm³/mol. The summed E-state index contributed by atoms with van der Waals surface area (Å²) in [6.07, 6.45) is 2.26. The van der Waals surface area contributed by atoms with Crippen molar-refractivity contribution in [3.8, 4) is 0 Å². The van der Waals surface area contributed by atoms with Gasteiger partial charge in [-0.2, -0.15) is 0 Å². The van der Waals surface area contributed by atoms with Crippen LogP contribution in [0.5, 0.6) is 0 Å². The molecule has 128 valence electrons. The maximum Gasteiger partial charge on any atom is 0.0643 e. The van der Waals surface area contributed by atoms with E-state index < -0.39 is 0 Å². The van der Waals surface area contributed by atoms with Crippen molar-refractivity contribution in [3.63, 3.8) is 0 Å². The minimum Gasteiger partial charge on any atom is -0.354 e. The van der Waals surface area contributed by atoms with Gasteiger partial charge in [0.05, 0.1) is 10.7 Å². The largest absolute Gasteiger partial charge is 0.354 e. The van der Waals surface area contributed by atoms with Gasteiger partial charge >= 0.3 is 0 Å². The Balaban J connectivity index is 1.80. The lowest BCUT2D eigenvalue weighted by atomic mass is 9.87. The molecule has 1 aliphatic carbocycles. The fraction of sp³-hybridized carbons (Fsp3) is 0.273. The van der Waals surface area contributed by atoms with Crippen LogP contribution in [0, 0.1) is 0 Å². The molecule has 4 rings (SSSR count). The van der Waals surface area contributed by atoms with Gasteiger partial charge in [0.1, 0.15) is 0 Å². The number of aryl methyl sites for hydroxylation is 2. The van der Waals surface area contributed by atoms with Gasteiger partial charge in [0.2, 0.25) is 0 Å². The monoisotopic (exact) mass is 413 g/mol. The van der Waals surface area contributed by atoms with E-state index in [4.69, 9.17) is 11.6 Å². The molecule has 0 fully saturated rings. The first-order chi connectivity index (χ1) is 11.8. The highest BCUT2D eigenvalue weighted by Crippen LogP contribution is 2.41. The standard InChI is InChI=1S/C22H21BrClN/c1-22(2,3)15-8-11-18(17(24)12-15)25-19-10-7-14-5-4-13-6-9-16(23)21(19)20(13)14/h6-12,25H,4-5H2,1-3H3. The Morgan fingerprint density at radius 3 is 2.16 bits per heavy atom. The molecule has 1 nitrogen and oxygen atoms in total. The molecule has 0 aromatic heterocycles. The third-order valence-corrected chi connectivity index (χ3v) is 6.02. The van der Waals surface area contributed by atoms with E-state index in [-0.39, 0.29) is 5.41 Å². The Morgan fingerprint density at radius 1 is 0.880 bits per heavy atom. The van der Waals surface area contributed by atoms with Crippen molar-refractivity contribution >= 4 is 49.7 Å². The van der Waals surface area contributed by atoms with Crippen molar-refractivity contribution in [2.24, 2.45) is 0 Å². The number of rotatable bonds is 2. The van der Waals surface area contributed by atoms with Gasteiger partial charge in [-0.05, 0) is 64.6 Å². The molecule has 25 heavy (non-hydrogen) atoms. The van der Waals surface area contributed by atoms with E-state index in [2.05, 4.69) is 84.5 Å². The van der Waals surface area contributed by atoms with Gasteiger partial charge in [-0.1, -0.05) is 66.5 Å². The second-order valence-corrected chi connectivity index (χ2v) is 9.06. The van der Waals surface area contributed by atoms with Gasteiger partial charge in [-0.3, -0.25) is 0 Å². The molecule has 0 bridgehead atoms. The van der Waals surface area contributed by atoms with E-state index in [0.29, 0.717) is 0 Å². The van der Waals surface area contributed by atoms with Crippen molar-refractivity contribution in [2.45, 2.75) is 39.0 Å². The fourth-order valence-electron chi connectivity index (χ4n) is 3.62. The first-order valence-electron chi connectivity index (χ1n) is 8.64. The van der Waals surface area contributed by atoms with Crippen LogP contribution in [0.1, 0.15) is 37.5 Å². The summed E-state index contributed by atoms with van der Waals surface area (Å²) in [6.45, 7) is 6.60. The Morgan fingerprint density at radius 2 is 1.52 bits per heavy atom. The van der Waals surface area contributed by atoms with Gasteiger partial charge < -0.3 is 5.32 Å². The molecule has 0 aliphatic heterocycles. The normalized spacial score (nSPS) is 13.5. The zero-order valence-corrected chi connectivity index (χ0v) is 17.1. The second kappa shape index (κ2) is 6.03. The molecule has 0 saturated carbocycles. The summed E-state index contributed by atoms with van der Waals surface area (Å²) in [6, 6.07) is 15.1. The Labute approximate surface area is 162 Å². The van der Waals surface area contributed by atoms with Crippen molar-refractivity contribution in [3.05, 3.63) is 68.7 Å². The van der Waals surface area contributed by atoms with E-state index in [1.165, 1.54) is 27.5 Å². The molecule has 0 heterocycles. The predicted octanol–water partition coefficient (Wildman–Crippen LogP) is 7.40. The molecule has 0 radical (unpaired) electrons. The molecule has 3 aromatic rings. The SMILES string of the molecule is CC(C)(C)c1ccc(Nc2ccc3c4c(ccc(Br)c24)CC3)c(Cl)c1. The highest BCUT2D eigenvalue weighted by Gasteiger charge is 2.19. The zero-order valence-electron chi connectivity index (χ0n) is 14.7. The topological polar surface area (TPSA) is 12.0 Å². The van der Waals surface area contributed by atoms with Crippen LogP contribution in [0.15, 0.2) is 46.9 Å². The second-order valence-electron chi connectivity index (χ2n) is 7.80. The first-order valence-corrected chi connectivity index (χ1v) is 9.82. The Bertz CT molecular complexity index is 975. The van der Waals surface area contributed by atoms with Crippen LogP contribution in [-0.4, -0.2) is 0 Å². The molecule has 0 atom stereocenters. The van der Waals surface area contributed by atoms with Gasteiger partial charge in [0.25, 0.3) is 0 Å². The van der Waals surface area contributed by atoms with Crippen LogP contribution >= 0.6 is 27.5 Å². The summed E-state index contributed by atoms with van der Waals surface area (Å²) >= 11 is 10.3. The fourth-order valence-corrected chi connectivity index (χ4v) is 4.39. The van der Waals surface area contributed by atoms with Crippen molar-refractivity contribution in [1.82, 2.24) is 0 Å². The number of anilines is 2. The summed E-state index contributed by atoms with van der Waals surface area (Å²) in [4.78, 5) is 0. The molecule has 1 aliphatic rings. The maximum atomic E-state index is 6.58. The molecular weight excluding hydrogens is 394 g/mol. The smallest absolute Gasteiger partial charge is 0.0643 e. The van der Waals surface area contributed by atoms with Crippen molar-refractivity contribution in [2.75, 3.05) is 5.32 Å². The van der Waals surface area contributed by atoms with Gasteiger partial charge in [0.15, 0.2) is 0 Å². The zero-order chi connectivity index (χ0) is 17.8. The van der Waals surface area contributed by atoms with Crippen LogP contribution in [0.4, 0.5) is 11.4 Å². The molecule has 0 spiro atoms. The average Bonchev–Trinajstić information content (AvgIpc) is 2.97. The highest BCUT2D eigenvalue weighted by molar-refractivity contribution is 9.10. The molecule has 3 aromatic carbocycles. The third kappa shape index (κ3) is 2.96. The Kier molecular flexibility index (Phi) is 4.09. The molecule has 0 amide bonds. The van der Waals surface area contributed by atoms with Crippen LogP contribution < -0.4 is 5.32 Å². The van der Waals surface area contributed by atoms with E-state index in [9.17, 15) is 0 Å². The summed E-state index contributed by atoms with van der Waals surface area (Å²) in [5, 5.41) is 6.96. The van der Waals surface area contributed by atoms with E-state index >= 15 is 0 Å². The Hall–Kier alpha value is -1.51. The lowest BCUT2D eigenvalue weighted by Crippen LogP contribution is -2.11. The van der Waals surface area contributed by atoms with E-state index in [1.807, 2.05) is 0 Å². The summed E-state index contributed by atoms with van der Waals surface area (Å²) in [7, 11) is 0. The maximum absolute atomic E-state index is 6.58. The van der Waals surface area contributed by atoms with E-state index in [0.717, 1.165) is 33.7 Å². The molecular formula is C22H21BrClN. The number of halogens is 2. The average molecular weight is 415 g/mol. The van der Waals surface area contributed by atoms with Crippen molar-refractivity contribution in [1.29, 1.82) is 0 Å². The summed E-state index contributed by atoms with van der Waals surface area (Å²) < 4.78 is 1.12. The van der Waals surface area contributed by atoms with E-state index in [1.54, 1.807) is 0 Å². The molecule has 0 saturated heterocycles. The number of hydrogen-bond acceptors (Lipinski definition) is 1. The number of hydrogen-bond donors (Lipinski definition) is 1. The van der Waals surface area contributed by atoms with Crippen LogP contribution in [0.2, 0.25) is 5.02 Å². The van der Waals surface area contributed by atoms with Crippen LogP contribution in [0.25, 0.3) is 10.8 Å². The number of nitrogens with one attached hydrogen (secondary N) is 1. The molecule has 1 N–H and O–H groups in total. The van der Waals surface area contributed by atoms with Gasteiger partial charge in [-0.25, -0.2) is 0 Å². The minimum absolute atomic E-state index is 0.0905. The van der Waals surface area contributed by atoms with Gasteiger partial charge in [-0.15, -0.1) is 0 Å². The van der Waals surface area contributed by atoms with Crippen LogP contribution in [-0.2, 0) is 18.3 Å². The quantitative estimate of drug-likeness (QED) is 0.461. The summed E-state index contributed by atoms with van der Waals surface area (Å²) in [5.74, 6) is 0. The molecule has 3 heteroatoms. The minimum atomic E-state index is 0.0905. The summed E-state index contributed by atoms with van der Waals surface area (Å²) in [5.41, 5.74) is 6.24.